The first-order valence-corrected chi connectivity index (χ1v) is 12.5. The van der Waals surface area contributed by atoms with E-state index >= 15 is 0 Å². The molecule has 0 unspecified atom stereocenters. The summed E-state index contributed by atoms with van der Waals surface area (Å²) in [5.41, 5.74) is 2.96. The third-order valence-corrected chi connectivity index (χ3v) is 6.71. The molecule has 1 fully saturated rings. The highest BCUT2D eigenvalue weighted by Crippen LogP contribution is 2.43. The van der Waals surface area contributed by atoms with Crippen LogP contribution < -0.4 is 9.47 Å². The van der Waals surface area contributed by atoms with Crippen LogP contribution in [0.25, 0.3) is 0 Å². The van der Waals surface area contributed by atoms with Gasteiger partial charge in [-0.2, -0.15) is 0 Å². The Balaban J connectivity index is 1.79. The molecule has 0 aliphatic carbocycles. The normalized spacial score (nSPS) is 15.4. The van der Waals surface area contributed by atoms with Gasteiger partial charge < -0.3 is 24.2 Å². The highest BCUT2D eigenvalue weighted by molar-refractivity contribution is 5.99. The molecular weight excluding hydrogens is 466 g/mol. The molecule has 2 aliphatic heterocycles. The number of carbonyl (C=O) groups is 4. The lowest BCUT2D eigenvalue weighted by atomic mass is 9.94. The van der Waals surface area contributed by atoms with Gasteiger partial charge in [-0.15, -0.1) is 0 Å². The second kappa shape index (κ2) is 12.6. The molecule has 1 aromatic carbocycles. The number of carboxylic acids is 1. The average Bonchev–Trinajstić information content (AvgIpc) is 3.25. The number of nitrogens with zero attached hydrogens (tertiary/aromatic N) is 1. The van der Waals surface area contributed by atoms with Gasteiger partial charge in [0.25, 0.3) is 0 Å². The third kappa shape index (κ3) is 6.65. The standard InChI is InChI=1S/C27H35NO8/c1-17(11-13-22(30)31)10-12-19-25(34-3)18(2)20-16-35-27(33)24(20)26(19)36-23(32)9-7-8-21(29)28-14-5-4-6-15-28/h10H,4-9,11-16H2,1-3H3,(H,30,31). The van der Waals surface area contributed by atoms with Gasteiger partial charge in [0.15, 0.2) is 5.75 Å². The predicted molar refractivity (Wildman–Crippen MR) is 131 cm³/mol. The lowest BCUT2D eigenvalue weighted by Gasteiger charge is -2.26. The zero-order chi connectivity index (χ0) is 26.2. The summed E-state index contributed by atoms with van der Waals surface area (Å²) in [4.78, 5) is 50.5. The maximum absolute atomic E-state index is 12.8. The van der Waals surface area contributed by atoms with Gasteiger partial charge in [-0.05, 0) is 57.9 Å². The summed E-state index contributed by atoms with van der Waals surface area (Å²) >= 11 is 0. The monoisotopic (exact) mass is 501 g/mol. The minimum Gasteiger partial charge on any atom is -0.496 e. The summed E-state index contributed by atoms with van der Waals surface area (Å²) in [6.07, 6.45) is 6.34. The number of hydrogen-bond donors (Lipinski definition) is 1. The number of carboxylic acid groups (broad SMARTS) is 1. The van der Waals surface area contributed by atoms with Crippen molar-refractivity contribution >= 4 is 23.8 Å². The molecule has 0 spiro atoms. The number of esters is 2. The van der Waals surface area contributed by atoms with Crippen LogP contribution in [0, 0.1) is 6.92 Å². The summed E-state index contributed by atoms with van der Waals surface area (Å²) in [6, 6.07) is 0. The SMILES string of the molecule is COc1c(C)c2c(c(OC(=O)CCCC(=O)N3CCCCC3)c1CC=C(C)CCC(=O)O)C(=O)OC2. The zero-order valence-corrected chi connectivity index (χ0v) is 21.3. The van der Waals surface area contributed by atoms with Gasteiger partial charge in [0.2, 0.25) is 5.91 Å². The van der Waals surface area contributed by atoms with E-state index in [-0.39, 0.29) is 49.5 Å². The van der Waals surface area contributed by atoms with Crippen LogP contribution in [0.1, 0.15) is 85.3 Å². The Hall–Kier alpha value is -3.36. The molecule has 0 bridgehead atoms. The smallest absolute Gasteiger partial charge is 0.342 e. The predicted octanol–water partition coefficient (Wildman–Crippen LogP) is 4.12. The van der Waals surface area contributed by atoms with E-state index in [0.717, 1.165) is 43.5 Å². The molecule has 9 nitrogen and oxygen atoms in total. The Morgan fingerprint density at radius 1 is 1.06 bits per heavy atom. The fourth-order valence-electron chi connectivity index (χ4n) is 4.66. The van der Waals surface area contributed by atoms with Crippen LogP contribution in [0.15, 0.2) is 11.6 Å². The summed E-state index contributed by atoms with van der Waals surface area (Å²) in [6.45, 7) is 5.25. The molecular formula is C27H35NO8. The number of aliphatic carboxylic acids is 1. The van der Waals surface area contributed by atoms with Crippen molar-refractivity contribution in [3.05, 3.63) is 33.9 Å². The van der Waals surface area contributed by atoms with Crippen molar-refractivity contribution in [3.8, 4) is 11.5 Å². The largest absolute Gasteiger partial charge is 0.496 e. The van der Waals surface area contributed by atoms with Crippen molar-refractivity contribution in [2.75, 3.05) is 20.2 Å². The Bertz CT molecular complexity index is 1050. The Morgan fingerprint density at radius 3 is 2.44 bits per heavy atom. The van der Waals surface area contributed by atoms with Gasteiger partial charge in [0, 0.05) is 43.5 Å². The summed E-state index contributed by atoms with van der Waals surface area (Å²) < 4.78 is 16.6. The highest BCUT2D eigenvalue weighted by Gasteiger charge is 2.34. The molecule has 2 aliphatic rings. The zero-order valence-electron chi connectivity index (χ0n) is 21.3. The van der Waals surface area contributed by atoms with Crippen molar-refractivity contribution in [3.63, 3.8) is 0 Å². The van der Waals surface area contributed by atoms with Crippen LogP contribution in [-0.4, -0.2) is 54.0 Å². The highest BCUT2D eigenvalue weighted by atomic mass is 16.6. The van der Waals surface area contributed by atoms with Gasteiger partial charge in [0.05, 0.1) is 7.11 Å². The topological polar surface area (TPSA) is 119 Å². The maximum atomic E-state index is 12.8. The summed E-state index contributed by atoms with van der Waals surface area (Å²) in [5.74, 6) is -1.33. The molecule has 1 aromatic rings. The molecule has 0 saturated carbocycles. The minimum absolute atomic E-state index is 0.00695. The van der Waals surface area contributed by atoms with Crippen LogP contribution in [0.3, 0.4) is 0 Å². The van der Waals surface area contributed by atoms with E-state index in [1.165, 1.54) is 7.11 Å². The second-order valence-corrected chi connectivity index (χ2v) is 9.31. The minimum atomic E-state index is -0.884. The molecule has 9 heteroatoms. The number of amides is 1. The number of piperidine rings is 1. The molecule has 0 radical (unpaired) electrons. The number of ether oxygens (including phenoxy) is 3. The number of rotatable bonds is 11. The number of hydrogen-bond acceptors (Lipinski definition) is 7. The van der Waals surface area contributed by atoms with E-state index < -0.39 is 17.9 Å². The van der Waals surface area contributed by atoms with E-state index in [2.05, 4.69) is 0 Å². The Labute approximate surface area is 211 Å². The molecule has 1 N–H and O–H groups in total. The molecule has 2 heterocycles. The molecule has 1 amide bonds. The first-order chi connectivity index (χ1) is 17.2. The lowest BCUT2D eigenvalue weighted by Crippen LogP contribution is -2.35. The fraction of sp³-hybridized carbons (Fsp3) is 0.556. The number of allylic oxidation sites excluding steroid dienone is 2. The van der Waals surface area contributed by atoms with Crippen molar-refractivity contribution < 1.29 is 38.5 Å². The summed E-state index contributed by atoms with van der Waals surface area (Å²) in [5, 5.41) is 8.94. The van der Waals surface area contributed by atoms with E-state index in [4.69, 9.17) is 19.3 Å². The lowest BCUT2D eigenvalue weighted by molar-refractivity contribution is -0.137. The van der Waals surface area contributed by atoms with Gasteiger partial charge in [-0.25, -0.2) is 4.79 Å². The average molecular weight is 502 g/mol. The Kier molecular flexibility index (Phi) is 9.50. The molecule has 1 saturated heterocycles. The van der Waals surface area contributed by atoms with Crippen molar-refractivity contribution in [2.24, 2.45) is 0 Å². The maximum Gasteiger partial charge on any atom is 0.342 e. The van der Waals surface area contributed by atoms with Crippen molar-refractivity contribution in [1.82, 2.24) is 4.90 Å². The van der Waals surface area contributed by atoms with E-state index in [1.807, 2.05) is 24.8 Å². The van der Waals surface area contributed by atoms with Crippen LogP contribution in [0.4, 0.5) is 0 Å². The van der Waals surface area contributed by atoms with Gasteiger partial charge in [-0.3, -0.25) is 14.4 Å². The number of fused-ring (bicyclic) bond motifs is 1. The Morgan fingerprint density at radius 2 is 1.78 bits per heavy atom. The number of carbonyl (C=O) groups excluding carboxylic acids is 3. The summed E-state index contributed by atoms with van der Waals surface area (Å²) in [7, 11) is 1.51. The van der Waals surface area contributed by atoms with Crippen LogP contribution >= 0.6 is 0 Å². The van der Waals surface area contributed by atoms with Gasteiger partial charge in [0.1, 0.15) is 17.9 Å². The number of cyclic esters (lactones) is 1. The molecule has 0 aromatic heterocycles. The van der Waals surface area contributed by atoms with Gasteiger partial charge in [-0.1, -0.05) is 11.6 Å². The quantitative estimate of drug-likeness (QED) is 0.273. The number of methoxy groups -OCH3 is 1. The first-order valence-electron chi connectivity index (χ1n) is 12.5. The number of likely N-dealkylation sites (tertiary alicyclic amines) is 1. The second-order valence-electron chi connectivity index (χ2n) is 9.31. The van der Waals surface area contributed by atoms with Crippen LogP contribution in [0.5, 0.6) is 11.5 Å². The van der Waals surface area contributed by atoms with E-state index in [1.54, 1.807) is 0 Å². The van der Waals surface area contributed by atoms with Crippen molar-refractivity contribution in [1.29, 1.82) is 0 Å². The number of benzene rings is 1. The van der Waals surface area contributed by atoms with Crippen LogP contribution in [-0.2, 0) is 32.1 Å². The van der Waals surface area contributed by atoms with E-state index in [0.29, 0.717) is 29.7 Å². The van der Waals surface area contributed by atoms with Gasteiger partial charge >= 0.3 is 17.9 Å². The molecule has 36 heavy (non-hydrogen) atoms. The molecule has 3 rings (SSSR count). The molecule has 196 valence electrons. The first kappa shape index (κ1) is 27.2. The molecule has 0 atom stereocenters. The fourth-order valence-corrected chi connectivity index (χ4v) is 4.66. The third-order valence-electron chi connectivity index (χ3n) is 6.71. The van der Waals surface area contributed by atoms with Crippen molar-refractivity contribution in [2.45, 2.75) is 78.2 Å². The van der Waals surface area contributed by atoms with Crippen LogP contribution in [0.2, 0.25) is 0 Å². The van der Waals surface area contributed by atoms with E-state index in [9.17, 15) is 19.2 Å².